The minimum atomic E-state index is 0.132. The Morgan fingerprint density at radius 3 is 2.31 bits per heavy atom. The molecular weight excluding hydrogens is 438 g/mol. The van der Waals surface area contributed by atoms with Crippen LogP contribution in [-0.2, 0) is 11.2 Å². The molecule has 0 bridgehead atoms. The van der Waals surface area contributed by atoms with Gasteiger partial charge in [0.1, 0.15) is 17.9 Å². The molecule has 0 N–H and O–H groups in total. The Balaban J connectivity index is 1.10. The van der Waals surface area contributed by atoms with Gasteiger partial charge in [0, 0.05) is 44.2 Å². The molecule has 0 atom stereocenters. The molecule has 0 radical (unpaired) electrons. The first-order chi connectivity index (χ1) is 17.2. The van der Waals surface area contributed by atoms with Crippen LogP contribution in [0.15, 0.2) is 36.7 Å². The Bertz CT molecular complexity index is 960. The summed E-state index contributed by atoms with van der Waals surface area (Å²) in [5.41, 5.74) is 1.28. The summed E-state index contributed by atoms with van der Waals surface area (Å²) >= 11 is 0. The maximum absolute atomic E-state index is 13.2. The van der Waals surface area contributed by atoms with Crippen molar-refractivity contribution in [3.05, 3.63) is 42.2 Å². The number of likely N-dealkylation sites (tertiary alicyclic amines) is 2. The van der Waals surface area contributed by atoms with Crippen LogP contribution in [-0.4, -0.2) is 71.0 Å². The maximum Gasteiger partial charge on any atom is 0.225 e. The van der Waals surface area contributed by atoms with Crippen LogP contribution >= 0.6 is 0 Å². The lowest BCUT2D eigenvalue weighted by Gasteiger charge is -2.41. The van der Waals surface area contributed by atoms with Crippen molar-refractivity contribution in [1.29, 1.82) is 0 Å². The van der Waals surface area contributed by atoms with Gasteiger partial charge in [0.15, 0.2) is 0 Å². The summed E-state index contributed by atoms with van der Waals surface area (Å²) in [6.45, 7) is 8.15. The highest BCUT2D eigenvalue weighted by Gasteiger charge is 2.33. The van der Waals surface area contributed by atoms with E-state index in [4.69, 9.17) is 4.74 Å². The Morgan fingerprint density at radius 1 is 0.914 bits per heavy atom. The van der Waals surface area contributed by atoms with E-state index in [0.717, 1.165) is 69.9 Å². The van der Waals surface area contributed by atoms with Crippen molar-refractivity contribution in [3.63, 3.8) is 0 Å². The van der Waals surface area contributed by atoms with Crippen molar-refractivity contribution in [2.45, 2.75) is 64.3 Å². The minimum absolute atomic E-state index is 0.132. The third-order valence-corrected chi connectivity index (χ3v) is 8.03. The molecule has 1 aromatic heterocycles. The van der Waals surface area contributed by atoms with E-state index in [-0.39, 0.29) is 5.92 Å². The Labute approximate surface area is 209 Å². The number of rotatable bonds is 6. The average Bonchev–Trinajstić information content (AvgIpc) is 2.94. The smallest absolute Gasteiger partial charge is 0.225 e. The van der Waals surface area contributed by atoms with Crippen molar-refractivity contribution in [2.75, 3.05) is 44.2 Å². The molecule has 3 aliphatic heterocycles. The van der Waals surface area contributed by atoms with E-state index in [9.17, 15) is 4.79 Å². The number of nitrogens with zero attached hydrogens (tertiary/aromatic N) is 5. The number of carbonyl (C=O) groups is 1. The second kappa shape index (κ2) is 11.4. The zero-order valence-corrected chi connectivity index (χ0v) is 21.1. The highest BCUT2D eigenvalue weighted by atomic mass is 16.5. The van der Waals surface area contributed by atoms with Crippen LogP contribution in [0.5, 0.6) is 11.6 Å². The lowest BCUT2D eigenvalue weighted by atomic mass is 9.93. The fourth-order valence-corrected chi connectivity index (χ4v) is 5.82. The Hall–Kier alpha value is -2.67. The number of aromatic nitrogens is 2. The average molecular weight is 478 g/mol. The third-order valence-electron chi connectivity index (χ3n) is 8.03. The summed E-state index contributed by atoms with van der Waals surface area (Å²) in [4.78, 5) is 29.1. The second-order valence-corrected chi connectivity index (χ2v) is 10.2. The zero-order valence-electron chi connectivity index (χ0n) is 21.1. The first-order valence-electron chi connectivity index (χ1n) is 13.6. The molecule has 1 amide bonds. The van der Waals surface area contributed by atoms with Crippen molar-refractivity contribution >= 4 is 11.7 Å². The summed E-state index contributed by atoms with van der Waals surface area (Å²) in [6.07, 6.45) is 10.6. The molecule has 7 heteroatoms. The SMILES string of the molecule is CCc1ccc(Oc2cc(N3CCC(C(=O)N4CCC(N5CCCCC5)CC4)CC3)ncn2)cc1. The normalized spacial score (nSPS) is 20.7. The quantitative estimate of drug-likeness (QED) is 0.609. The van der Waals surface area contributed by atoms with Gasteiger partial charge in [-0.05, 0) is 75.7 Å². The van der Waals surface area contributed by atoms with Crippen molar-refractivity contribution < 1.29 is 9.53 Å². The number of anilines is 1. The van der Waals surface area contributed by atoms with Crippen LogP contribution < -0.4 is 9.64 Å². The molecule has 1 aromatic carbocycles. The number of ether oxygens (including phenoxy) is 1. The minimum Gasteiger partial charge on any atom is -0.439 e. The van der Waals surface area contributed by atoms with Gasteiger partial charge in [0.2, 0.25) is 11.8 Å². The summed E-state index contributed by atoms with van der Waals surface area (Å²) < 4.78 is 5.96. The number of piperidine rings is 3. The van der Waals surface area contributed by atoms with Gasteiger partial charge in [-0.1, -0.05) is 25.5 Å². The van der Waals surface area contributed by atoms with Crippen LogP contribution in [0.4, 0.5) is 5.82 Å². The van der Waals surface area contributed by atoms with Gasteiger partial charge < -0.3 is 19.4 Å². The van der Waals surface area contributed by atoms with E-state index >= 15 is 0 Å². The number of benzene rings is 1. The monoisotopic (exact) mass is 477 g/mol. The highest BCUT2D eigenvalue weighted by Crippen LogP contribution is 2.28. The fraction of sp³-hybridized carbons (Fsp3) is 0.607. The fourth-order valence-electron chi connectivity index (χ4n) is 5.82. The van der Waals surface area contributed by atoms with Crippen molar-refractivity contribution in [2.24, 2.45) is 5.92 Å². The number of hydrogen-bond acceptors (Lipinski definition) is 6. The summed E-state index contributed by atoms with van der Waals surface area (Å²) in [7, 11) is 0. The topological polar surface area (TPSA) is 61.8 Å². The van der Waals surface area contributed by atoms with E-state index in [0.29, 0.717) is 17.8 Å². The summed E-state index contributed by atoms with van der Waals surface area (Å²) in [5, 5.41) is 0. The molecule has 0 spiro atoms. The van der Waals surface area contributed by atoms with Gasteiger partial charge in [-0.25, -0.2) is 9.97 Å². The standard InChI is InChI=1S/C28H39N5O2/c1-2-22-6-8-25(9-7-22)35-27-20-26(29-21-30-27)32-16-10-23(11-17-32)28(34)33-18-12-24(13-19-33)31-14-4-3-5-15-31/h6-9,20-21,23-24H,2-5,10-19H2,1H3. The van der Waals surface area contributed by atoms with E-state index in [2.05, 4.69) is 43.7 Å². The van der Waals surface area contributed by atoms with E-state index in [1.807, 2.05) is 18.2 Å². The molecule has 3 saturated heterocycles. The first kappa shape index (κ1) is 24.0. The molecule has 5 rings (SSSR count). The van der Waals surface area contributed by atoms with E-state index in [1.165, 1.54) is 37.9 Å². The summed E-state index contributed by atoms with van der Waals surface area (Å²) in [6, 6.07) is 10.7. The maximum atomic E-state index is 13.2. The zero-order chi connectivity index (χ0) is 24.0. The van der Waals surface area contributed by atoms with Crippen LogP contribution in [0.2, 0.25) is 0 Å². The molecule has 0 unspecified atom stereocenters. The second-order valence-electron chi connectivity index (χ2n) is 10.2. The van der Waals surface area contributed by atoms with Gasteiger partial charge in [-0.3, -0.25) is 4.79 Å². The van der Waals surface area contributed by atoms with Gasteiger partial charge in [0.25, 0.3) is 0 Å². The third kappa shape index (κ3) is 5.95. The van der Waals surface area contributed by atoms with Gasteiger partial charge in [-0.15, -0.1) is 0 Å². The van der Waals surface area contributed by atoms with E-state index < -0.39 is 0 Å². The van der Waals surface area contributed by atoms with Crippen molar-refractivity contribution in [3.8, 4) is 11.6 Å². The molecule has 3 fully saturated rings. The van der Waals surface area contributed by atoms with E-state index in [1.54, 1.807) is 6.33 Å². The molecule has 0 aliphatic carbocycles. The predicted octanol–water partition coefficient (Wildman–Crippen LogP) is 4.52. The van der Waals surface area contributed by atoms with Crippen LogP contribution in [0.1, 0.15) is 57.4 Å². The van der Waals surface area contributed by atoms with Gasteiger partial charge in [0.05, 0.1) is 0 Å². The summed E-state index contributed by atoms with van der Waals surface area (Å²) in [5.74, 6) is 2.69. The lowest BCUT2D eigenvalue weighted by Crippen LogP contribution is -2.50. The van der Waals surface area contributed by atoms with Gasteiger partial charge in [-0.2, -0.15) is 0 Å². The predicted molar refractivity (Wildman–Crippen MR) is 138 cm³/mol. The molecule has 35 heavy (non-hydrogen) atoms. The van der Waals surface area contributed by atoms with Crippen LogP contribution in [0.25, 0.3) is 0 Å². The van der Waals surface area contributed by atoms with Gasteiger partial charge >= 0.3 is 0 Å². The molecule has 2 aromatic rings. The number of hydrogen-bond donors (Lipinski definition) is 0. The molecule has 7 nitrogen and oxygen atoms in total. The molecule has 0 saturated carbocycles. The number of carbonyl (C=O) groups excluding carboxylic acids is 1. The number of aryl methyl sites for hydroxylation is 1. The molecule has 3 aliphatic rings. The molecule has 4 heterocycles. The lowest BCUT2D eigenvalue weighted by molar-refractivity contribution is -0.137. The Morgan fingerprint density at radius 2 is 1.63 bits per heavy atom. The van der Waals surface area contributed by atoms with Crippen LogP contribution in [0.3, 0.4) is 0 Å². The largest absolute Gasteiger partial charge is 0.439 e. The Kier molecular flexibility index (Phi) is 7.82. The number of amides is 1. The van der Waals surface area contributed by atoms with Crippen LogP contribution in [0, 0.1) is 5.92 Å². The van der Waals surface area contributed by atoms with Crippen molar-refractivity contribution in [1.82, 2.24) is 19.8 Å². The first-order valence-corrected chi connectivity index (χ1v) is 13.6. The highest BCUT2D eigenvalue weighted by molar-refractivity contribution is 5.79. The molecule has 188 valence electrons. The molecular formula is C28H39N5O2.